The highest BCUT2D eigenvalue weighted by Crippen LogP contribution is 2.32. The van der Waals surface area contributed by atoms with Gasteiger partial charge >= 0.3 is 0 Å². The molecule has 0 aromatic heterocycles. The molecule has 0 fully saturated rings. The van der Waals surface area contributed by atoms with Gasteiger partial charge in [0.15, 0.2) is 0 Å². The number of nitrogens with zero attached hydrogens (tertiary/aromatic N) is 2. The molecule has 0 spiro atoms. The van der Waals surface area contributed by atoms with Gasteiger partial charge in [-0.3, -0.25) is 0 Å². The molecule has 0 amide bonds. The van der Waals surface area contributed by atoms with Crippen molar-refractivity contribution in [2.75, 3.05) is 5.32 Å². The number of nitriles is 2. The molecule has 0 atom stereocenters. The van der Waals surface area contributed by atoms with Crippen molar-refractivity contribution in [3.8, 4) is 12.1 Å². The normalized spacial score (nSPS) is 8.81. The van der Waals surface area contributed by atoms with E-state index in [0.29, 0.717) is 15.7 Å². The minimum atomic E-state index is -0.0503. The topological polar surface area (TPSA) is 59.6 Å². The average molecular weight is 364 g/mol. The zero-order valence-electron chi connectivity index (χ0n) is 7.76. The molecule has 16 heavy (non-hydrogen) atoms. The minimum Gasteiger partial charge on any atom is -0.357 e. The van der Waals surface area contributed by atoms with Crippen molar-refractivity contribution in [2.24, 2.45) is 0 Å². The summed E-state index contributed by atoms with van der Waals surface area (Å²) in [6.45, 7) is 0. The van der Waals surface area contributed by atoms with Gasteiger partial charge in [0.1, 0.15) is 17.7 Å². The number of benzene rings is 1. The standard InChI is InChI=1S/C10H4Cl2IN3/c11-8-1-7(13)2-9(12)10(8)16-5-6(3-14)4-15/h1-2,5,16H. The first-order valence-corrected chi connectivity index (χ1v) is 5.83. The molecule has 0 saturated heterocycles. The van der Waals surface area contributed by atoms with Crippen molar-refractivity contribution in [1.82, 2.24) is 0 Å². The monoisotopic (exact) mass is 363 g/mol. The van der Waals surface area contributed by atoms with E-state index in [1.165, 1.54) is 6.20 Å². The van der Waals surface area contributed by atoms with Crippen LogP contribution in [0.1, 0.15) is 0 Å². The summed E-state index contributed by atoms with van der Waals surface area (Å²) >= 11 is 14.0. The summed E-state index contributed by atoms with van der Waals surface area (Å²) in [5, 5.41) is 20.7. The van der Waals surface area contributed by atoms with Crippen LogP contribution in [-0.4, -0.2) is 0 Å². The zero-order chi connectivity index (χ0) is 12.1. The van der Waals surface area contributed by atoms with Gasteiger partial charge in [-0.05, 0) is 34.7 Å². The second-order valence-corrected chi connectivity index (χ2v) is 4.73. The second-order valence-electron chi connectivity index (χ2n) is 2.67. The lowest BCUT2D eigenvalue weighted by molar-refractivity contribution is 1.44. The summed E-state index contributed by atoms with van der Waals surface area (Å²) < 4.78 is 0.905. The fourth-order valence-electron chi connectivity index (χ4n) is 0.914. The molecule has 6 heteroatoms. The summed E-state index contributed by atoms with van der Waals surface area (Å²) in [7, 11) is 0. The van der Waals surface area contributed by atoms with E-state index in [2.05, 4.69) is 27.9 Å². The van der Waals surface area contributed by atoms with Gasteiger partial charge in [-0.15, -0.1) is 0 Å². The molecule has 80 valence electrons. The predicted molar refractivity (Wildman–Crippen MR) is 72.1 cm³/mol. The molecule has 0 aliphatic rings. The number of anilines is 1. The highest BCUT2D eigenvalue weighted by molar-refractivity contribution is 14.1. The number of hydrogen-bond donors (Lipinski definition) is 1. The Balaban J connectivity index is 3.05. The van der Waals surface area contributed by atoms with Gasteiger partial charge < -0.3 is 5.32 Å². The van der Waals surface area contributed by atoms with Crippen molar-refractivity contribution in [3.63, 3.8) is 0 Å². The van der Waals surface area contributed by atoms with E-state index in [1.807, 2.05) is 0 Å². The summed E-state index contributed by atoms with van der Waals surface area (Å²) in [4.78, 5) is 0. The number of rotatable bonds is 2. The molecule has 3 nitrogen and oxygen atoms in total. The Bertz CT molecular complexity index is 487. The van der Waals surface area contributed by atoms with Gasteiger partial charge in [0.2, 0.25) is 0 Å². The van der Waals surface area contributed by atoms with Crippen LogP contribution < -0.4 is 5.32 Å². The third-order valence-corrected chi connectivity index (χ3v) is 2.83. The number of allylic oxidation sites excluding steroid dienone is 1. The highest BCUT2D eigenvalue weighted by Gasteiger charge is 2.06. The Hall–Kier alpha value is -0.950. The third kappa shape index (κ3) is 3.28. The largest absolute Gasteiger partial charge is 0.357 e. The number of nitrogens with one attached hydrogen (secondary N) is 1. The van der Waals surface area contributed by atoms with Crippen molar-refractivity contribution < 1.29 is 0 Å². The van der Waals surface area contributed by atoms with Crippen molar-refractivity contribution in [3.05, 3.63) is 37.5 Å². The van der Waals surface area contributed by atoms with Gasteiger partial charge in [-0.2, -0.15) is 10.5 Å². The molecule has 0 unspecified atom stereocenters. The Morgan fingerprint density at radius 1 is 1.25 bits per heavy atom. The molecule has 1 aromatic rings. The van der Waals surface area contributed by atoms with Crippen molar-refractivity contribution >= 4 is 51.5 Å². The maximum atomic E-state index is 8.54. The highest BCUT2D eigenvalue weighted by atomic mass is 127. The molecule has 1 aromatic carbocycles. The van der Waals surface area contributed by atoms with E-state index < -0.39 is 0 Å². The van der Waals surface area contributed by atoms with Crippen LogP contribution in [0, 0.1) is 26.2 Å². The summed E-state index contributed by atoms with van der Waals surface area (Å²) in [5.41, 5.74) is 0.428. The van der Waals surface area contributed by atoms with E-state index in [0.717, 1.165) is 3.57 Å². The third-order valence-electron chi connectivity index (χ3n) is 1.61. The number of hydrogen-bond acceptors (Lipinski definition) is 3. The van der Waals surface area contributed by atoms with Crippen LogP contribution in [0.2, 0.25) is 10.0 Å². The molecule has 0 saturated carbocycles. The quantitative estimate of drug-likeness (QED) is 0.639. The van der Waals surface area contributed by atoms with Crippen molar-refractivity contribution in [1.29, 1.82) is 10.5 Å². The van der Waals surface area contributed by atoms with Gasteiger partial charge in [0.05, 0.1) is 15.7 Å². The molecule has 1 rings (SSSR count). The maximum Gasteiger partial charge on any atom is 0.145 e. The van der Waals surface area contributed by atoms with E-state index >= 15 is 0 Å². The smallest absolute Gasteiger partial charge is 0.145 e. The summed E-state index contributed by atoms with van der Waals surface area (Å²) in [5.74, 6) is 0. The van der Waals surface area contributed by atoms with Crippen molar-refractivity contribution in [2.45, 2.75) is 0 Å². The lowest BCUT2D eigenvalue weighted by atomic mass is 10.3. The molecular formula is C10H4Cl2IN3. The molecule has 0 aliphatic carbocycles. The summed E-state index contributed by atoms with van der Waals surface area (Å²) in [6.07, 6.45) is 1.26. The maximum absolute atomic E-state index is 8.54. The van der Waals surface area contributed by atoms with Crippen LogP contribution in [0.5, 0.6) is 0 Å². The fourth-order valence-corrected chi connectivity index (χ4v) is 2.50. The van der Waals surface area contributed by atoms with Gasteiger partial charge in [-0.25, -0.2) is 0 Å². The fraction of sp³-hybridized carbons (Fsp3) is 0. The number of halogens is 3. The van der Waals surface area contributed by atoms with Gasteiger partial charge in [0, 0.05) is 9.77 Å². The molecule has 0 bridgehead atoms. The van der Waals surface area contributed by atoms with Crippen LogP contribution in [0.15, 0.2) is 23.9 Å². The van der Waals surface area contributed by atoms with E-state index in [9.17, 15) is 0 Å². The Kier molecular flexibility index (Phi) is 4.88. The summed E-state index contributed by atoms with van der Waals surface area (Å²) in [6, 6.07) is 6.89. The zero-order valence-corrected chi connectivity index (χ0v) is 11.4. The first-order valence-electron chi connectivity index (χ1n) is 4.00. The Morgan fingerprint density at radius 2 is 1.75 bits per heavy atom. The predicted octanol–water partition coefficient (Wildman–Crippen LogP) is 3.94. The molecular weight excluding hydrogens is 360 g/mol. The molecule has 0 heterocycles. The first kappa shape index (κ1) is 13.1. The van der Waals surface area contributed by atoms with Crippen LogP contribution in [0.4, 0.5) is 5.69 Å². The Morgan fingerprint density at radius 3 is 2.19 bits per heavy atom. The van der Waals surface area contributed by atoms with E-state index in [-0.39, 0.29) is 5.57 Å². The van der Waals surface area contributed by atoms with Gasteiger partial charge in [0.25, 0.3) is 0 Å². The molecule has 0 radical (unpaired) electrons. The first-order chi connectivity index (χ1) is 7.58. The van der Waals surface area contributed by atoms with E-state index in [4.69, 9.17) is 33.7 Å². The van der Waals surface area contributed by atoms with Gasteiger partial charge in [-0.1, -0.05) is 23.2 Å². The SMILES string of the molecule is N#CC(C#N)=CNc1c(Cl)cc(I)cc1Cl. The lowest BCUT2D eigenvalue weighted by Gasteiger charge is -2.06. The lowest BCUT2D eigenvalue weighted by Crippen LogP contribution is -1.92. The Labute approximate surface area is 116 Å². The average Bonchev–Trinajstić information content (AvgIpc) is 2.22. The molecule has 1 N–H and O–H groups in total. The van der Waals surface area contributed by atoms with E-state index in [1.54, 1.807) is 24.3 Å². The van der Waals surface area contributed by atoms with Crippen LogP contribution in [0.3, 0.4) is 0 Å². The second kappa shape index (κ2) is 5.95. The molecule has 0 aliphatic heterocycles. The van der Waals surface area contributed by atoms with Crippen LogP contribution in [-0.2, 0) is 0 Å². The minimum absolute atomic E-state index is 0.0503. The van der Waals surface area contributed by atoms with Crippen LogP contribution >= 0.6 is 45.8 Å². The van der Waals surface area contributed by atoms with Crippen LogP contribution in [0.25, 0.3) is 0 Å².